The van der Waals surface area contributed by atoms with Crippen LogP contribution in [0.2, 0.25) is 0 Å². The minimum atomic E-state index is -0.950. The van der Waals surface area contributed by atoms with Crippen molar-refractivity contribution in [1.82, 2.24) is 9.88 Å². The van der Waals surface area contributed by atoms with Crippen LogP contribution in [-0.4, -0.2) is 45.2 Å². The van der Waals surface area contributed by atoms with Crippen molar-refractivity contribution in [3.63, 3.8) is 0 Å². The molecule has 0 spiro atoms. The van der Waals surface area contributed by atoms with Gasteiger partial charge in [0.1, 0.15) is 17.1 Å². The molecule has 0 saturated carbocycles. The van der Waals surface area contributed by atoms with E-state index in [1.54, 1.807) is 0 Å². The Morgan fingerprint density at radius 1 is 1.43 bits per heavy atom. The van der Waals surface area contributed by atoms with E-state index in [1.807, 2.05) is 6.07 Å². The van der Waals surface area contributed by atoms with Gasteiger partial charge in [-0.15, -0.1) is 0 Å². The molecule has 23 heavy (non-hydrogen) atoms. The molecule has 6 nitrogen and oxygen atoms in total. The van der Waals surface area contributed by atoms with Crippen molar-refractivity contribution in [2.75, 3.05) is 12.3 Å². The highest BCUT2D eigenvalue weighted by molar-refractivity contribution is 8.00. The van der Waals surface area contributed by atoms with E-state index in [1.165, 1.54) is 16.7 Å². The summed E-state index contributed by atoms with van der Waals surface area (Å²) in [7, 11) is 0. The zero-order valence-corrected chi connectivity index (χ0v) is 13.4. The minimum Gasteiger partial charge on any atom is -0.480 e. The van der Waals surface area contributed by atoms with Crippen molar-refractivity contribution in [2.45, 2.75) is 43.2 Å². The summed E-state index contributed by atoms with van der Waals surface area (Å²) in [5, 5.41) is 19.0. The van der Waals surface area contributed by atoms with Gasteiger partial charge in [-0.25, -0.2) is 9.78 Å². The van der Waals surface area contributed by atoms with Gasteiger partial charge >= 0.3 is 5.97 Å². The first-order chi connectivity index (χ1) is 11.1. The summed E-state index contributed by atoms with van der Waals surface area (Å²) in [6, 6.07) is 3.30. The molecule has 1 atom stereocenters. The molecule has 1 amide bonds. The third kappa shape index (κ3) is 3.17. The quantitative estimate of drug-likeness (QED) is 0.842. The molecule has 1 fully saturated rings. The largest absolute Gasteiger partial charge is 0.480 e. The number of aliphatic carboxylic acids is 1. The predicted octanol–water partition coefficient (Wildman–Crippen LogP) is 1.61. The third-order valence-corrected chi connectivity index (χ3v) is 5.30. The van der Waals surface area contributed by atoms with Gasteiger partial charge in [0.25, 0.3) is 0 Å². The topological polar surface area (TPSA) is 94.3 Å². The van der Waals surface area contributed by atoms with Crippen molar-refractivity contribution < 1.29 is 14.7 Å². The van der Waals surface area contributed by atoms with E-state index in [2.05, 4.69) is 11.1 Å². The predicted molar refractivity (Wildman–Crippen MR) is 84.1 cm³/mol. The summed E-state index contributed by atoms with van der Waals surface area (Å²) in [6.45, 7) is 0.485. The fourth-order valence-electron chi connectivity index (χ4n) is 3.18. The van der Waals surface area contributed by atoms with Crippen LogP contribution in [0.15, 0.2) is 11.1 Å². The maximum absolute atomic E-state index is 12.3. The van der Waals surface area contributed by atoms with Crippen LogP contribution in [0.3, 0.4) is 0 Å². The van der Waals surface area contributed by atoms with Crippen molar-refractivity contribution >= 4 is 23.6 Å². The molecule has 1 aliphatic carbocycles. The van der Waals surface area contributed by atoms with Crippen molar-refractivity contribution in [3.05, 3.63) is 22.9 Å². The van der Waals surface area contributed by atoms with Crippen LogP contribution >= 0.6 is 11.8 Å². The Labute approximate surface area is 138 Å². The van der Waals surface area contributed by atoms with E-state index in [-0.39, 0.29) is 11.7 Å². The Hall–Kier alpha value is -2.07. The van der Waals surface area contributed by atoms with E-state index in [0.717, 1.165) is 30.5 Å². The lowest BCUT2D eigenvalue weighted by Crippen LogP contribution is -2.41. The number of hydrogen-bond acceptors (Lipinski definition) is 5. The Morgan fingerprint density at radius 3 is 3.00 bits per heavy atom. The number of pyridine rings is 1. The maximum atomic E-state index is 12.3. The van der Waals surface area contributed by atoms with E-state index in [0.29, 0.717) is 30.0 Å². The molecule has 0 bridgehead atoms. The van der Waals surface area contributed by atoms with Gasteiger partial charge in [0.15, 0.2) is 0 Å². The summed E-state index contributed by atoms with van der Waals surface area (Å²) in [6.07, 6.45) is 4.14. The molecule has 120 valence electrons. The molecule has 3 rings (SSSR count). The van der Waals surface area contributed by atoms with Gasteiger partial charge in [0.05, 0.1) is 11.3 Å². The molecule has 0 aromatic carbocycles. The molecular formula is C16H17N3O3S. The third-order valence-electron chi connectivity index (χ3n) is 4.33. The van der Waals surface area contributed by atoms with Crippen LogP contribution in [0.5, 0.6) is 0 Å². The van der Waals surface area contributed by atoms with E-state index < -0.39 is 12.0 Å². The summed E-state index contributed by atoms with van der Waals surface area (Å²) >= 11 is 1.23. The molecule has 2 heterocycles. The van der Waals surface area contributed by atoms with Crippen molar-refractivity contribution in [3.8, 4) is 6.07 Å². The van der Waals surface area contributed by atoms with Gasteiger partial charge in [-0.1, -0.05) is 11.8 Å². The molecule has 2 aliphatic rings. The smallest absolute Gasteiger partial charge is 0.326 e. The number of nitrogens with zero attached hydrogens (tertiary/aromatic N) is 3. The van der Waals surface area contributed by atoms with Gasteiger partial charge in [-0.2, -0.15) is 5.26 Å². The highest BCUT2D eigenvalue weighted by Gasteiger charge is 2.33. The first-order valence-electron chi connectivity index (χ1n) is 7.68. The Balaban J connectivity index is 1.70. The number of rotatable bonds is 4. The fourth-order valence-corrected chi connectivity index (χ4v) is 4.04. The average Bonchev–Trinajstić information content (AvgIpc) is 3.19. The summed E-state index contributed by atoms with van der Waals surface area (Å²) in [4.78, 5) is 29.4. The minimum absolute atomic E-state index is 0.115. The molecule has 1 aromatic heterocycles. The monoisotopic (exact) mass is 331 g/mol. The number of carbonyl (C=O) groups excluding carboxylic acids is 1. The molecule has 1 aromatic rings. The number of carboxylic acids is 1. The zero-order chi connectivity index (χ0) is 16.4. The highest BCUT2D eigenvalue weighted by atomic mass is 32.2. The van der Waals surface area contributed by atoms with Crippen LogP contribution in [0.4, 0.5) is 0 Å². The Bertz CT molecular complexity index is 699. The SMILES string of the molecule is N#Cc1cc2c(nc1SCC(=O)N1CCC[C@@H]1C(=O)O)CCC2. The van der Waals surface area contributed by atoms with Gasteiger partial charge < -0.3 is 10.0 Å². The second kappa shape index (κ2) is 6.59. The lowest BCUT2D eigenvalue weighted by molar-refractivity contribution is -0.147. The number of hydrogen-bond donors (Lipinski definition) is 1. The molecule has 0 unspecified atom stereocenters. The second-order valence-electron chi connectivity index (χ2n) is 5.78. The molecule has 1 N–H and O–H groups in total. The highest BCUT2D eigenvalue weighted by Crippen LogP contribution is 2.28. The molecular weight excluding hydrogens is 314 g/mol. The standard InChI is InChI=1S/C16H17N3O3S/c17-8-11-7-10-3-1-4-12(10)18-15(11)23-9-14(20)19-6-2-5-13(19)16(21)22/h7,13H,1-6,9H2,(H,21,22)/t13-/m1/s1. The Kier molecular flexibility index (Phi) is 4.53. The molecule has 0 radical (unpaired) electrons. The van der Waals surface area contributed by atoms with Crippen LogP contribution < -0.4 is 0 Å². The van der Waals surface area contributed by atoms with Gasteiger partial charge in [0, 0.05) is 12.2 Å². The number of amides is 1. The number of carbonyl (C=O) groups is 2. The van der Waals surface area contributed by atoms with Crippen molar-refractivity contribution in [2.24, 2.45) is 0 Å². The number of nitriles is 1. The number of aryl methyl sites for hydroxylation is 2. The molecule has 1 saturated heterocycles. The van der Waals surface area contributed by atoms with Crippen LogP contribution in [0.1, 0.15) is 36.1 Å². The first-order valence-corrected chi connectivity index (χ1v) is 8.66. The molecule has 7 heteroatoms. The van der Waals surface area contributed by atoms with Crippen molar-refractivity contribution in [1.29, 1.82) is 5.26 Å². The number of likely N-dealkylation sites (tertiary alicyclic amines) is 1. The van der Waals surface area contributed by atoms with E-state index in [4.69, 9.17) is 5.11 Å². The summed E-state index contributed by atoms with van der Waals surface area (Å²) in [5.74, 6) is -1.04. The normalized spacial score (nSPS) is 19.4. The van der Waals surface area contributed by atoms with E-state index >= 15 is 0 Å². The molecule has 1 aliphatic heterocycles. The number of aromatic nitrogens is 1. The average molecular weight is 331 g/mol. The van der Waals surface area contributed by atoms with Crippen LogP contribution in [0, 0.1) is 11.3 Å². The van der Waals surface area contributed by atoms with Crippen LogP contribution in [-0.2, 0) is 22.4 Å². The first kappa shape index (κ1) is 15.8. The number of thioether (sulfide) groups is 1. The zero-order valence-electron chi connectivity index (χ0n) is 12.6. The fraction of sp³-hybridized carbons (Fsp3) is 0.500. The summed E-state index contributed by atoms with van der Waals surface area (Å²) in [5.41, 5.74) is 2.64. The second-order valence-corrected chi connectivity index (χ2v) is 6.75. The van der Waals surface area contributed by atoms with Gasteiger partial charge in [0.2, 0.25) is 5.91 Å². The van der Waals surface area contributed by atoms with Gasteiger partial charge in [-0.05, 0) is 43.7 Å². The Morgan fingerprint density at radius 2 is 2.26 bits per heavy atom. The number of fused-ring (bicyclic) bond motifs is 1. The van der Waals surface area contributed by atoms with Crippen LogP contribution in [0.25, 0.3) is 0 Å². The lowest BCUT2D eigenvalue weighted by atomic mass is 10.2. The van der Waals surface area contributed by atoms with Gasteiger partial charge in [-0.3, -0.25) is 4.79 Å². The maximum Gasteiger partial charge on any atom is 0.326 e. The van der Waals surface area contributed by atoms with E-state index in [9.17, 15) is 14.9 Å². The number of carboxylic acid groups (broad SMARTS) is 1. The summed E-state index contributed by atoms with van der Waals surface area (Å²) < 4.78 is 0. The lowest BCUT2D eigenvalue weighted by Gasteiger charge is -2.21.